The Labute approximate surface area is 173 Å². The smallest absolute Gasteiger partial charge is 0.422 e. The Morgan fingerprint density at radius 3 is 2.57 bits per heavy atom. The number of rotatable bonds is 8. The number of nitrogens with zero attached hydrogens (tertiary/aromatic N) is 3. The van der Waals surface area contributed by atoms with Gasteiger partial charge in [0.25, 0.3) is 5.56 Å². The number of carbonyl (C=O) groups is 1. The van der Waals surface area contributed by atoms with E-state index >= 15 is 0 Å². The number of aromatic nitrogens is 3. The summed E-state index contributed by atoms with van der Waals surface area (Å²) >= 11 is 1.24. The molecule has 0 aliphatic rings. The summed E-state index contributed by atoms with van der Waals surface area (Å²) in [6, 6.07) is 7.29. The van der Waals surface area contributed by atoms with Gasteiger partial charge in [-0.3, -0.25) is 14.2 Å². The number of thioether (sulfide) groups is 1. The van der Waals surface area contributed by atoms with E-state index in [0.29, 0.717) is 34.1 Å². The highest BCUT2D eigenvalue weighted by Gasteiger charge is 2.28. The van der Waals surface area contributed by atoms with Crippen LogP contribution in [-0.2, 0) is 11.8 Å². The zero-order chi connectivity index (χ0) is 21.9. The molecule has 0 saturated heterocycles. The van der Waals surface area contributed by atoms with E-state index in [1.54, 1.807) is 23.9 Å². The van der Waals surface area contributed by atoms with Gasteiger partial charge in [-0.25, -0.2) is 4.98 Å². The minimum Gasteiger partial charge on any atom is -0.484 e. The van der Waals surface area contributed by atoms with Crippen molar-refractivity contribution in [2.24, 2.45) is 7.05 Å². The average molecular weight is 441 g/mol. The lowest BCUT2D eigenvalue weighted by Gasteiger charge is -2.14. The molecule has 0 bridgehead atoms. The molecule has 30 heavy (non-hydrogen) atoms. The molecule has 0 atom stereocenters. The average Bonchev–Trinajstić information content (AvgIpc) is 3.05. The third-order valence-corrected chi connectivity index (χ3v) is 5.15. The topological polar surface area (TPSA) is 86.3 Å². The summed E-state index contributed by atoms with van der Waals surface area (Å²) in [6.07, 6.45) is -2.35. The third kappa shape index (κ3) is 5.15. The second-order valence-electron chi connectivity index (χ2n) is 6.44. The first-order valence-corrected chi connectivity index (χ1v) is 9.87. The summed E-state index contributed by atoms with van der Waals surface area (Å²) in [5.74, 6) is -0.455. The molecule has 0 saturated carbocycles. The highest BCUT2D eigenvalue weighted by molar-refractivity contribution is 7.99. The van der Waals surface area contributed by atoms with E-state index in [0.717, 1.165) is 0 Å². The van der Waals surface area contributed by atoms with E-state index < -0.39 is 18.8 Å². The van der Waals surface area contributed by atoms with Crippen molar-refractivity contribution in [3.8, 4) is 11.4 Å². The molecular weight excluding hydrogens is 423 g/mol. The Morgan fingerprint density at radius 2 is 1.93 bits per heavy atom. The van der Waals surface area contributed by atoms with Crippen LogP contribution in [0.2, 0.25) is 0 Å². The normalized spacial score (nSPS) is 11.7. The fourth-order valence-electron chi connectivity index (χ4n) is 2.74. The molecule has 3 rings (SSSR count). The molecule has 7 nitrogen and oxygen atoms in total. The van der Waals surface area contributed by atoms with Crippen molar-refractivity contribution in [2.75, 3.05) is 12.4 Å². The van der Waals surface area contributed by atoms with Crippen LogP contribution >= 0.6 is 11.8 Å². The predicted molar refractivity (Wildman–Crippen MR) is 105 cm³/mol. The monoisotopic (exact) mass is 441 g/mol. The molecule has 160 valence electrons. The molecule has 3 aromatic rings. The Kier molecular flexibility index (Phi) is 6.40. The largest absolute Gasteiger partial charge is 0.484 e. The minimum absolute atomic E-state index is 0.00509. The third-order valence-electron chi connectivity index (χ3n) is 4.13. The highest BCUT2D eigenvalue weighted by Crippen LogP contribution is 2.24. The molecule has 2 aromatic heterocycles. The van der Waals surface area contributed by atoms with Crippen LogP contribution in [0, 0.1) is 0 Å². The molecule has 0 fully saturated rings. The van der Waals surface area contributed by atoms with Crippen LogP contribution in [0.25, 0.3) is 16.7 Å². The number of fused-ring (bicyclic) bond motifs is 1. The van der Waals surface area contributed by atoms with E-state index in [-0.39, 0.29) is 17.7 Å². The van der Waals surface area contributed by atoms with Crippen LogP contribution in [0.15, 0.2) is 46.5 Å². The summed E-state index contributed by atoms with van der Waals surface area (Å²) in [5.41, 5.74) is 0.575. The first kappa shape index (κ1) is 21.8. The van der Waals surface area contributed by atoms with Crippen LogP contribution in [0.3, 0.4) is 0 Å². The van der Waals surface area contributed by atoms with Crippen LogP contribution in [-0.4, -0.2) is 43.7 Å². The second kappa shape index (κ2) is 8.82. The van der Waals surface area contributed by atoms with E-state index in [2.05, 4.69) is 4.98 Å². The first-order chi connectivity index (χ1) is 14.2. The van der Waals surface area contributed by atoms with Crippen LogP contribution in [0.5, 0.6) is 5.75 Å². The summed E-state index contributed by atoms with van der Waals surface area (Å²) < 4.78 is 44.7. The van der Waals surface area contributed by atoms with Gasteiger partial charge in [-0.1, -0.05) is 11.8 Å². The molecule has 11 heteroatoms. The van der Waals surface area contributed by atoms with E-state index in [1.807, 2.05) is 0 Å². The Bertz CT molecular complexity index is 1110. The Morgan fingerprint density at radius 1 is 1.23 bits per heavy atom. The van der Waals surface area contributed by atoms with Gasteiger partial charge in [-0.05, 0) is 36.8 Å². The molecule has 2 heterocycles. The molecule has 0 aliphatic carbocycles. The summed E-state index contributed by atoms with van der Waals surface area (Å²) in [4.78, 5) is 28.3. The van der Waals surface area contributed by atoms with Gasteiger partial charge in [0, 0.05) is 25.4 Å². The van der Waals surface area contributed by atoms with Gasteiger partial charge in [-0.2, -0.15) is 13.2 Å². The number of halogens is 3. The molecule has 1 N–H and O–H groups in total. The lowest BCUT2D eigenvalue weighted by molar-refractivity contribution is -0.153. The minimum atomic E-state index is -4.45. The number of ether oxygens (including phenoxy) is 1. The van der Waals surface area contributed by atoms with E-state index in [9.17, 15) is 22.8 Å². The number of benzene rings is 1. The Hall–Kier alpha value is -2.95. The number of hydrogen-bond donors (Lipinski definition) is 1. The number of hydrogen-bond acceptors (Lipinski definition) is 5. The van der Waals surface area contributed by atoms with Crippen molar-refractivity contribution >= 4 is 28.8 Å². The maximum absolute atomic E-state index is 13.1. The molecule has 0 unspecified atom stereocenters. The van der Waals surface area contributed by atoms with Crippen molar-refractivity contribution in [1.82, 2.24) is 14.1 Å². The Balaban J connectivity index is 1.94. The van der Waals surface area contributed by atoms with Gasteiger partial charge in [-0.15, -0.1) is 0 Å². The van der Waals surface area contributed by atoms with Gasteiger partial charge in [0.15, 0.2) is 11.8 Å². The first-order valence-electron chi connectivity index (χ1n) is 8.88. The van der Waals surface area contributed by atoms with Crippen molar-refractivity contribution < 1.29 is 27.8 Å². The molecule has 0 amide bonds. The van der Waals surface area contributed by atoms with Gasteiger partial charge in [0.1, 0.15) is 11.4 Å². The summed E-state index contributed by atoms with van der Waals surface area (Å²) in [6.45, 7) is -1.41. The van der Waals surface area contributed by atoms with Crippen LogP contribution < -0.4 is 10.3 Å². The van der Waals surface area contributed by atoms with Gasteiger partial charge in [0.2, 0.25) is 0 Å². The molecular formula is C19H18F3N3O4S. The molecule has 0 aliphatic heterocycles. The van der Waals surface area contributed by atoms with Crippen LogP contribution in [0.4, 0.5) is 13.2 Å². The lowest BCUT2D eigenvalue weighted by Crippen LogP contribution is -2.22. The number of carboxylic acid groups (broad SMARTS) is 1. The van der Waals surface area contributed by atoms with Crippen molar-refractivity contribution in [2.45, 2.75) is 24.2 Å². The van der Waals surface area contributed by atoms with Crippen molar-refractivity contribution in [3.05, 3.63) is 46.9 Å². The highest BCUT2D eigenvalue weighted by atomic mass is 32.2. The van der Waals surface area contributed by atoms with E-state index in [4.69, 9.17) is 9.84 Å². The fraction of sp³-hybridized carbons (Fsp3) is 0.316. The summed E-state index contributed by atoms with van der Waals surface area (Å²) in [5, 5.41) is 9.55. The molecule has 0 spiro atoms. The number of aryl methyl sites for hydroxylation is 1. The van der Waals surface area contributed by atoms with Crippen LogP contribution in [0.1, 0.15) is 12.8 Å². The van der Waals surface area contributed by atoms with Crippen molar-refractivity contribution in [3.63, 3.8) is 0 Å². The summed E-state index contributed by atoms with van der Waals surface area (Å²) in [7, 11) is 1.75. The number of carboxylic acids is 1. The second-order valence-corrected chi connectivity index (χ2v) is 7.50. The van der Waals surface area contributed by atoms with Gasteiger partial charge < -0.3 is 14.4 Å². The predicted octanol–water partition coefficient (Wildman–Crippen LogP) is 3.62. The van der Waals surface area contributed by atoms with Crippen molar-refractivity contribution in [1.29, 1.82) is 0 Å². The zero-order valence-corrected chi connectivity index (χ0v) is 16.7. The maximum Gasteiger partial charge on any atom is 0.422 e. The standard InChI is InChI=1S/C19H18F3N3O4S/c1-24-9-8-14-16(24)23-18(30-10-2-3-15(26)27)25(17(14)28)12-4-6-13(7-5-12)29-11-19(20,21)22/h4-9H,2-3,10-11H2,1H3,(H,26,27). The van der Waals surface area contributed by atoms with E-state index in [1.165, 1.54) is 40.6 Å². The zero-order valence-electron chi connectivity index (χ0n) is 15.8. The maximum atomic E-state index is 13.1. The SMILES string of the molecule is Cn1ccc2c(=O)n(-c3ccc(OCC(F)(F)F)cc3)c(SCCCC(=O)O)nc21. The van der Waals surface area contributed by atoms with Gasteiger partial charge in [0.05, 0.1) is 11.1 Å². The number of aliphatic carboxylic acids is 1. The molecule has 0 radical (unpaired) electrons. The lowest BCUT2D eigenvalue weighted by atomic mass is 10.3. The number of alkyl halides is 3. The fourth-order valence-corrected chi connectivity index (χ4v) is 3.68. The van der Waals surface area contributed by atoms with Gasteiger partial charge >= 0.3 is 12.1 Å². The quantitative estimate of drug-likeness (QED) is 0.327. The molecule has 1 aromatic carbocycles.